The van der Waals surface area contributed by atoms with E-state index in [0.717, 1.165) is 27.1 Å². The molecular formula is C43H46O6Si. The topological polar surface area (TPSA) is 63.2 Å². The molecule has 0 spiro atoms. The van der Waals surface area contributed by atoms with Gasteiger partial charge in [-0.05, 0) is 32.1 Å². The number of benzene rings is 5. The van der Waals surface area contributed by atoms with Crippen molar-refractivity contribution in [3.8, 4) is 0 Å². The summed E-state index contributed by atoms with van der Waals surface area (Å²) < 4.78 is 33.3. The summed E-state index contributed by atoms with van der Waals surface area (Å²) in [4.78, 5) is 14.0. The minimum absolute atomic E-state index is 0.120. The Kier molecular flexibility index (Phi) is 11.7. The van der Waals surface area contributed by atoms with Crippen LogP contribution in [0.15, 0.2) is 152 Å². The molecule has 6 rings (SSSR count). The van der Waals surface area contributed by atoms with Crippen molar-refractivity contribution >= 4 is 24.7 Å². The third-order valence-electron chi connectivity index (χ3n) is 9.21. The van der Waals surface area contributed by atoms with Gasteiger partial charge in [0.25, 0.3) is 8.32 Å². The van der Waals surface area contributed by atoms with Gasteiger partial charge in [0.05, 0.1) is 26.4 Å². The summed E-state index contributed by atoms with van der Waals surface area (Å²) >= 11 is 0. The molecule has 0 unspecified atom stereocenters. The van der Waals surface area contributed by atoms with E-state index in [0.29, 0.717) is 6.61 Å². The SMILES string of the molecule is CC(C)(C)[Si](OC[C@H]1OC(=O)[C@H](OCc2ccccc2)[C@@H](OCc2ccccc2)[C@@H]1OCc1ccccc1)(c1ccccc1)c1ccccc1. The van der Waals surface area contributed by atoms with Crippen molar-refractivity contribution in [1.29, 1.82) is 0 Å². The number of esters is 1. The van der Waals surface area contributed by atoms with E-state index in [1.54, 1.807) is 0 Å². The Balaban J connectivity index is 1.36. The van der Waals surface area contributed by atoms with Gasteiger partial charge in [-0.2, -0.15) is 0 Å². The smallest absolute Gasteiger partial charge is 0.338 e. The van der Waals surface area contributed by atoms with Crippen LogP contribution in [0.3, 0.4) is 0 Å². The molecule has 0 N–H and O–H groups in total. The summed E-state index contributed by atoms with van der Waals surface area (Å²) in [6, 6.07) is 50.6. The zero-order chi connectivity index (χ0) is 34.8. The minimum Gasteiger partial charge on any atom is -0.455 e. The molecule has 6 nitrogen and oxygen atoms in total. The lowest BCUT2D eigenvalue weighted by Crippen LogP contribution is -2.68. The van der Waals surface area contributed by atoms with Gasteiger partial charge >= 0.3 is 5.97 Å². The maximum atomic E-state index is 14.0. The molecule has 1 aliphatic heterocycles. The standard InChI is InChI=1S/C43H46O6Si/c1-43(2,3)50(36-25-15-7-16-26-36,37-27-17-8-18-28-37)48-32-38-39(45-29-33-19-9-4-10-20-33)40(46-30-34-21-11-5-12-22-34)41(42(44)49-38)47-31-35-23-13-6-14-24-35/h4-28,38-41H,29-32H2,1-3H3/t38-,39-,40+,41-/m1/s1. The van der Waals surface area contributed by atoms with Crippen molar-refractivity contribution < 1.29 is 28.2 Å². The third-order valence-corrected chi connectivity index (χ3v) is 14.2. The lowest BCUT2D eigenvalue weighted by Gasteiger charge is -2.46. The number of hydrogen-bond acceptors (Lipinski definition) is 6. The number of carbonyl (C=O) groups excluding carboxylic acids is 1. The number of hydrogen-bond donors (Lipinski definition) is 0. The summed E-state index contributed by atoms with van der Waals surface area (Å²) in [6.07, 6.45) is -3.22. The number of ether oxygens (including phenoxy) is 4. The number of carbonyl (C=O) groups is 1. The van der Waals surface area contributed by atoms with Crippen LogP contribution in [0.1, 0.15) is 37.5 Å². The molecule has 1 fully saturated rings. The average Bonchev–Trinajstić information content (AvgIpc) is 3.15. The Labute approximate surface area is 297 Å². The molecule has 50 heavy (non-hydrogen) atoms. The van der Waals surface area contributed by atoms with Crippen molar-refractivity contribution in [1.82, 2.24) is 0 Å². The van der Waals surface area contributed by atoms with Gasteiger partial charge < -0.3 is 23.4 Å². The molecule has 0 aromatic heterocycles. The van der Waals surface area contributed by atoms with Crippen LogP contribution in [-0.2, 0) is 48.0 Å². The van der Waals surface area contributed by atoms with E-state index >= 15 is 0 Å². The fourth-order valence-corrected chi connectivity index (χ4v) is 11.3. The van der Waals surface area contributed by atoms with Crippen LogP contribution in [0.4, 0.5) is 0 Å². The Morgan fingerprint density at radius 3 is 1.34 bits per heavy atom. The minimum atomic E-state index is -2.96. The first kappa shape index (κ1) is 35.5. The second kappa shape index (κ2) is 16.6. The molecule has 1 saturated heterocycles. The molecule has 1 heterocycles. The fourth-order valence-electron chi connectivity index (χ4n) is 6.74. The van der Waals surface area contributed by atoms with Crippen molar-refractivity contribution in [2.75, 3.05) is 6.61 Å². The van der Waals surface area contributed by atoms with E-state index in [1.807, 2.05) is 103 Å². The molecule has 5 aromatic carbocycles. The first-order valence-corrected chi connectivity index (χ1v) is 19.2. The Morgan fingerprint density at radius 2 is 0.920 bits per heavy atom. The second-order valence-electron chi connectivity index (χ2n) is 13.7. The van der Waals surface area contributed by atoms with Gasteiger partial charge in [-0.15, -0.1) is 0 Å². The van der Waals surface area contributed by atoms with Crippen LogP contribution in [0.25, 0.3) is 0 Å². The lowest BCUT2D eigenvalue weighted by atomic mass is 9.98. The molecule has 5 aromatic rings. The number of rotatable bonds is 14. The monoisotopic (exact) mass is 686 g/mol. The lowest BCUT2D eigenvalue weighted by molar-refractivity contribution is -0.236. The largest absolute Gasteiger partial charge is 0.455 e. The maximum Gasteiger partial charge on any atom is 0.338 e. The van der Waals surface area contributed by atoms with E-state index in [2.05, 4.69) is 69.3 Å². The molecule has 0 radical (unpaired) electrons. The molecule has 0 amide bonds. The van der Waals surface area contributed by atoms with E-state index in [9.17, 15) is 4.79 Å². The van der Waals surface area contributed by atoms with Gasteiger partial charge in [0.1, 0.15) is 12.2 Å². The van der Waals surface area contributed by atoms with Gasteiger partial charge in [-0.3, -0.25) is 0 Å². The van der Waals surface area contributed by atoms with Crippen molar-refractivity contribution in [3.05, 3.63) is 168 Å². The van der Waals surface area contributed by atoms with Crippen LogP contribution in [0.2, 0.25) is 5.04 Å². The van der Waals surface area contributed by atoms with Crippen LogP contribution in [0.5, 0.6) is 0 Å². The second-order valence-corrected chi connectivity index (χ2v) is 18.0. The summed E-state index contributed by atoms with van der Waals surface area (Å²) in [5.41, 5.74) is 2.93. The molecule has 0 saturated carbocycles. The van der Waals surface area contributed by atoms with Gasteiger partial charge in [-0.25, -0.2) is 4.79 Å². The fraction of sp³-hybridized carbons (Fsp3) is 0.279. The van der Waals surface area contributed by atoms with Crippen LogP contribution in [0, 0.1) is 0 Å². The highest BCUT2D eigenvalue weighted by Crippen LogP contribution is 2.38. The first-order chi connectivity index (χ1) is 24.3. The molecular weight excluding hydrogens is 641 g/mol. The molecule has 258 valence electrons. The Hall–Kier alpha value is -4.37. The van der Waals surface area contributed by atoms with Gasteiger partial charge in [0, 0.05) is 0 Å². The number of cyclic esters (lactones) is 1. The predicted molar refractivity (Wildman–Crippen MR) is 199 cm³/mol. The normalized spacial score (nSPS) is 19.5. The van der Waals surface area contributed by atoms with E-state index < -0.39 is 38.7 Å². The molecule has 1 aliphatic rings. The Bertz CT molecular complexity index is 1710. The van der Waals surface area contributed by atoms with Gasteiger partial charge in [-0.1, -0.05) is 172 Å². The van der Waals surface area contributed by atoms with Crippen molar-refractivity contribution in [2.45, 2.75) is 70.0 Å². The van der Waals surface area contributed by atoms with E-state index in [-0.39, 0.29) is 24.9 Å². The first-order valence-electron chi connectivity index (χ1n) is 17.3. The van der Waals surface area contributed by atoms with Crippen LogP contribution in [-0.4, -0.2) is 45.3 Å². The quantitative estimate of drug-likeness (QED) is 0.0907. The Morgan fingerprint density at radius 1 is 0.540 bits per heavy atom. The molecule has 0 aliphatic carbocycles. The average molecular weight is 687 g/mol. The van der Waals surface area contributed by atoms with Gasteiger partial charge in [0.2, 0.25) is 0 Å². The summed E-state index contributed by atoms with van der Waals surface area (Å²) in [5.74, 6) is -0.491. The highest BCUT2D eigenvalue weighted by atomic mass is 28.4. The van der Waals surface area contributed by atoms with Crippen molar-refractivity contribution in [3.63, 3.8) is 0 Å². The molecule has 7 heteroatoms. The maximum absolute atomic E-state index is 14.0. The summed E-state index contributed by atoms with van der Waals surface area (Å²) in [6.45, 7) is 7.61. The van der Waals surface area contributed by atoms with E-state index in [1.165, 1.54) is 0 Å². The highest BCUT2D eigenvalue weighted by molar-refractivity contribution is 6.99. The zero-order valence-corrected chi connectivity index (χ0v) is 30.0. The molecule has 0 bridgehead atoms. The molecule has 4 atom stereocenters. The predicted octanol–water partition coefficient (Wildman–Crippen LogP) is 7.24. The highest BCUT2D eigenvalue weighted by Gasteiger charge is 2.53. The summed E-state index contributed by atoms with van der Waals surface area (Å²) in [7, 11) is -2.96. The van der Waals surface area contributed by atoms with Crippen molar-refractivity contribution in [2.24, 2.45) is 0 Å². The van der Waals surface area contributed by atoms with Crippen LogP contribution >= 0.6 is 0 Å². The summed E-state index contributed by atoms with van der Waals surface area (Å²) in [5, 5.41) is 2.02. The van der Waals surface area contributed by atoms with Gasteiger partial charge in [0.15, 0.2) is 12.2 Å². The third kappa shape index (κ3) is 8.32. The van der Waals surface area contributed by atoms with E-state index in [4.69, 9.17) is 23.4 Å². The van der Waals surface area contributed by atoms with Crippen LogP contribution < -0.4 is 10.4 Å². The zero-order valence-electron chi connectivity index (χ0n) is 29.0.